The van der Waals surface area contributed by atoms with Crippen molar-refractivity contribution in [3.05, 3.63) is 105 Å². The molecule has 0 saturated carbocycles. The first-order chi connectivity index (χ1) is 30.7. The van der Waals surface area contributed by atoms with Gasteiger partial charge in [0, 0.05) is 94.2 Å². The van der Waals surface area contributed by atoms with Crippen LogP contribution in [-0.2, 0) is 20.9 Å². The van der Waals surface area contributed by atoms with E-state index in [1.165, 1.54) is 15.4 Å². The van der Waals surface area contributed by atoms with E-state index in [4.69, 9.17) is 9.47 Å². The maximum atomic E-state index is 13.4. The Morgan fingerprint density at radius 3 is 2.43 bits per heavy atom. The van der Waals surface area contributed by atoms with E-state index in [9.17, 15) is 19.2 Å². The number of imide groups is 1. The van der Waals surface area contributed by atoms with Crippen molar-refractivity contribution in [2.24, 2.45) is 5.92 Å². The van der Waals surface area contributed by atoms with Crippen molar-refractivity contribution in [2.45, 2.75) is 51.3 Å². The van der Waals surface area contributed by atoms with Crippen LogP contribution in [0.3, 0.4) is 0 Å². The summed E-state index contributed by atoms with van der Waals surface area (Å²) in [5, 5.41) is 12.3. The van der Waals surface area contributed by atoms with Gasteiger partial charge in [-0.15, -0.1) is 0 Å². The topological polar surface area (TPSA) is 173 Å². The Morgan fingerprint density at radius 1 is 0.825 bits per heavy atom. The molecule has 0 aliphatic carbocycles. The molecule has 4 aliphatic rings. The first kappa shape index (κ1) is 42.4. The Balaban J connectivity index is 0.681. The summed E-state index contributed by atoms with van der Waals surface area (Å²) in [6.07, 6.45) is 7.92. The van der Waals surface area contributed by atoms with Crippen LogP contribution in [0.25, 0.3) is 22.2 Å². The van der Waals surface area contributed by atoms with Gasteiger partial charge in [0.2, 0.25) is 5.91 Å². The number of amides is 2. The van der Waals surface area contributed by atoms with Gasteiger partial charge in [-0.05, 0) is 81.1 Å². The lowest BCUT2D eigenvalue weighted by Gasteiger charge is -2.40. The molecular weight excluding hydrogens is 803 g/mol. The highest BCUT2D eigenvalue weighted by Crippen LogP contribution is 2.26. The summed E-state index contributed by atoms with van der Waals surface area (Å²) < 4.78 is 15.1. The van der Waals surface area contributed by atoms with Crippen LogP contribution < -0.4 is 26.1 Å². The number of piperazine rings is 1. The standard InChI is InChI=1S/C46H55N11O6/c1-32-40-25-36(7-8-39(40)46(61)57(51-32)41-9-10-42(58)50-45(41)60)55-20-18-53(19-21-55)29-38-30-54(22-23-62-38)17-16-52-14-11-33(12-15-52)31-63-37-26-47-44(48-27-37)35-5-2-4-34(24-35)28-56-43(59)6-3-13-49-56/h2-8,13,24-27,33,38,41H,9-12,14-23,28-31H2,1H3,(H,50,58,60)/t38-,41?/m1/s1. The number of carbonyl (C=O) groups excluding carboxylic acids is 2. The summed E-state index contributed by atoms with van der Waals surface area (Å²) in [7, 11) is 0. The minimum absolute atomic E-state index is 0.142. The lowest BCUT2D eigenvalue weighted by molar-refractivity contribution is -0.136. The van der Waals surface area contributed by atoms with Crippen LogP contribution in [0.2, 0.25) is 0 Å². The lowest BCUT2D eigenvalue weighted by atomic mass is 9.98. The van der Waals surface area contributed by atoms with Gasteiger partial charge in [-0.1, -0.05) is 18.2 Å². The van der Waals surface area contributed by atoms with Crippen molar-refractivity contribution in [1.29, 1.82) is 0 Å². The lowest BCUT2D eigenvalue weighted by Crippen LogP contribution is -2.53. The molecule has 17 nitrogen and oxygen atoms in total. The molecule has 63 heavy (non-hydrogen) atoms. The number of aromatic nitrogens is 6. The number of nitrogens with one attached hydrogen (secondary N) is 1. The molecule has 4 saturated heterocycles. The fourth-order valence-corrected chi connectivity index (χ4v) is 9.20. The minimum atomic E-state index is -0.784. The normalized spacial score (nSPS) is 20.9. The third-order valence-corrected chi connectivity index (χ3v) is 12.9. The Hall–Kier alpha value is -5.88. The van der Waals surface area contributed by atoms with Crippen molar-refractivity contribution in [3.63, 3.8) is 0 Å². The van der Waals surface area contributed by atoms with E-state index in [-0.39, 0.29) is 36.0 Å². The van der Waals surface area contributed by atoms with Gasteiger partial charge in [0.15, 0.2) is 11.6 Å². The van der Waals surface area contributed by atoms with E-state index in [0.717, 1.165) is 114 Å². The van der Waals surface area contributed by atoms with Gasteiger partial charge in [-0.25, -0.2) is 19.3 Å². The highest BCUT2D eigenvalue weighted by Gasteiger charge is 2.31. The van der Waals surface area contributed by atoms with Crippen molar-refractivity contribution in [3.8, 4) is 17.1 Å². The summed E-state index contributed by atoms with van der Waals surface area (Å²) in [6.45, 7) is 14.3. The van der Waals surface area contributed by atoms with Crippen molar-refractivity contribution in [2.75, 3.05) is 90.1 Å². The summed E-state index contributed by atoms with van der Waals surface area (Å²) in [6, 6.07) is 16.1. The molecule has 1 unspecified atom stereocenters. The molecule has 2 aromatic carbocycles. The number of aryl methyl sites for hydroxylation is 1. The van der Waals surface area contributed by atoms with Crippen LogP contribution in [0, 0.1) is 12.8 Å². The van der Waals surface area contributed by atoms with E-state index < -0.39 is 11.9 Å². The molecule has 17 heteroatoms. The molecule has 4 fully saturated rings. The van der Waals surface area contributed by atoms with E-state index in [2.05, 4.69) is 45.1 Å². The van der Waals surface area contributed by atoms with E-state index in [0.29, 0.717) is 41.7 Å². The highest BCUT2D eigenvalue weighted by atomic mass is 16.5. The van der Waals surface area contributed by atoms with Gasteiger partial charge in [0.05, 0.1) is 49.3 Å². The largest absolute Gasteiger partial charge is 0.490 e. The average Bonchev–Trinajstić information content (AvgIpc) is 3.30. The SMILES string of the molecule is Cc1nn(C2CCC(=O)NC2=O)c(=O)c2ccc(N3CCN(C[C@@H]4CN(CCN5CCC(COc6cnc(-c7cccc(Cn8ncccc8=O)c7)nc6)CC5)CCO4)CC3)cc12. The van der Waals surface area contributed by atoms with Crippen molar-refractivity contribution >= 4 is 28.3 Å². The Kier molecular flexibility index (Phi) is 13.0. The number of morpholine rings is 1. The molecule has 2 amide bonds. The van der Waals surface area contributed by atoms with Crippen LogP contribution in [0.15, 0.2) is 82.8 Å². The molecule has 4 aliphatic heterocycles. The predicted octanol–water partition coefficient (Wildman–Crippen LogP) is 2.36. The second kappa shape index (κ2) is 19.2. The second-order valence-corrected chi connectivity index (χ2v) is 17.2. The van der Waals surface area contributed by atoms with E-state index in [1.807, 2.05) is 49.4 Å². The average molecular weight is 858 g/mol. The monoisotopic (exact) mass is 857 g/mol. The number of nitrogens with zero attached hydrogens (tertiary/aromatic N) is 10. The third kappa shape index (κ3) is 10.2. The number of benzene rings is 2. The zero-order valence-corrected chi connectivity index (χ0v) is 35.8. The molecule has 0 spiro atoms. The number of piperidine rings is 2. The maximum Gasteiger partial charge on any atom is 0.275 e. The zero-order valence-electron chi connectivity index (χ0n) is 35.8. The van der Waals surface area contributed by atoms with Crippen LogP contribution >= 0.6 is 0 Å². The number of ether oxygens (including phenoxy) is 2. The molecule has 2 atom stereocenters. The van der Waals surface area contributed by atoms with Gasteiger partial charge in [-0.2, -0.15) is 10.2 Å². The fraction of sp³-hybridized carbons (Fsp3) is 0.478. The fourth-order valence-electron chi connectivity index (χ4n) is 9.20. The molecule has 9 rings (SSSR count). The smallest absolute Gasteiger partial charge is 0.275 e. The van der Waals surface area contributed by atoms with E-state index >= 15 is 0 Å². The predicted molar refractivity (Wildman–Crippen MR) is 237 cm³/mol. The molecule has 7 heterocycles. The van der Waals surface area contributed by atoms with Gasteiger partial charge in [0.25, 0.3) is 17.0 Å². The molecular formula is C46H55N11O6. The number of fused-ring (bicyclic) bond motifs is 1. The molecule has 1 N–H and O–H groups in total. The summed E-state index contributed by atoms with van der Waals surface area (Å²) >= 11 is 0. The van der Waals surface area contributed by atoms with Gasteiger partial charge in [-0.3, -0.25) is 34.3 Å². The Labute approximate surface area is 365 Å². The Bertz CT molecular complexity index is 2530. The van der Waals surface area contributed by atoms with Gasteiger partial charge in [0.1, 0.15) is 6.04 Å². The maximum absolute atomic E-state index is 13.4. The summed E-state index contributed by atoms with van der Waals surface area (Å²) in [4.78, 5) is 68.8. The third-order valence-electron chi connectivity index (χ3n) is 12.9. The number of hydrogen-bond donors (Lipinski definition) is 1. The molecule has 0 radical (unpaired) electrons. The first-order valence-corrected chi connectivity index (χ1v) is 22.2. The molecule has 0 bridgehead atoms. The van der Waals surface area contributed by atoms with E-state index in [1.54, 1.807) is 24.7 Å². The van der Waals surface area contributed by atoms with Crippen molar-refractivity contribution < 1.29 is 19.1 Å². The number of rotatable bonds is 13. The first-order valence-electron chi connectivity index (χ1n) is 22.2. The summed E-state index contributed by atoms with van der Waals surface area (Å²) in [5.74, 6) is 0.969. The number of anilines is 1. The van der Waals surface area contributed by atoms with Crippen molar-refractivity contribution in [1.82, 2.24) is 49.5 Å². The molecule has 3 aromatic heterocycles. The number of likely N-dealkylation sites (tertiary alicyclic amines) is 1. The van der Waals surface area contributed by atoms with Gasteiger partial charge < -0.3 is 19.3 Å². The van der Waals surface area contributed by atoms with Crippen LogP contribution in [0.5, 0.6) is 5.75 Å². The second-order valence-electron chi connectivity index (χ2n) is 17.2. The number of hydrogen-bond acceptors (Lipinski definition) is 14. The quantitative estimate of drug-likeness (QED) is 0.171. The van der Waals surface area contributed by atoms with Crippen LogP contribution in [-0.4, -0.2) is 147 Å². The molecule has 5 aromatic rings. The Morgan fingerprint density at radius 2 is 1.63 bits per heavy atom. The van der Waals surface area contributed by atoms with Crippen LogP contribution in [0.4, 0.5) is 5.69 Å². The van der Waals surface area contributed by atoms with Crippen LogP contribution in [0.1, 0.15) is 43.0 Å². The number of carbonyl (C=O) groups is 2. The minimum Gasteiger partial charge on any atom is -0.490 e. The molecule has 330 valence electrons. The van der Waals surface area contributed by atoms with Gasteiger partial charge >= 0.3 is 0 Å². The highest BCUT2D eigenvalue weighted by molar-refractivity contribution is 5.99. The zero-order chi connectivity index (χ0) is 43.3. The summed E-state index contributed by atoms with van der Waals surface area (Å²) in [5.41, 5.74) is 3.10.